The fourth-order valence-corrected chi connectivity index (χ4v) is 3.58. The number of nitro groups is 1. The third kappa shape index (κ3) is 4.48. The normalized spacial score (nSPS) is 19.3. The molecule has 7 heteroatoms. The van der Waals surface area contributed by atoms with Gasteiger partial charge < -0.3 is 15.0 Å². The van der Waals surface area contributed by atoms with Crippen molar-refractivity contribution in [1.29, 1.82) is 0 Å². The van der Waals surface area contributed by atoms with Crippen molar-refractivity contribution in [2.45, 2.75) is 44.6 Å². The first-order chi connectivity index (χ1) is 12.1. The molecule has 1 saturated heterocycles. The number of anilines is 1. The van der Waals surface area contributed by atoms with Crippen LogP contribution in [-0.4, -0.2) is 43.2 Å². The standard InChI is InChI=1S/C18H25N3O4/c22-18(19-15-5-3-1-2-4-6-15)14-7-8-16(17(13-14)21(23)24)20-9-11-25-12-10-20/h7-8,13,15H,1-6,9-12H2,(H,19,22). The van der Waals surface area contributed by atoms with Gasteiger partial charge in [-0.25, -0.2) is 0 Å². The van der Waals surface area contributed by atoms with Gasteiger partial charge in [0, 0.05) is 30.8 Å². The summed E-state index contributed by atoms with van der Waals surface area (Å²) in [6.07, 6.45) is 6.65. The lowest BCUT2D eigenvalue weighted by Gasteiger charge is -2.28. The summed E-state index contributed by atoms with van der Waals surface area (Å²) in [4.78, 5) is 25.5. The van der Waals surface area contributed by atoms with Crippen LogP contribution in [0.15, 0.2) is 18.2 Å². The monoisotopic (exact) mass is 347 g/mol. The number of amides is 1. The van der Waals surface area contributed by atoms with Gasteiger partial charge in [0.15, 0.2) is 0 Å². The molecule has 25 heavy (non-hydrogen) atoms. The molecule has 3 rings (SSSR count). The van der Waals surface area contributed by atoms with Crippen LogP contribution in [0.2, 0.25) is 0 Å². The summed E-state index contributed by atoms with van der Waals surface area (Å²) in [5.41, 5.74) is 0.891. The summed E-state index contributed by atoms with van der Waals surface area (Å²) in [6, 6.07) is 4.94. The Kier molecular flexibility index (Phi) is 5.86. The topological polar surface area (TPSA) is 84.7 Å². The van der Waals surface area contributed by atoms with E-state index in [4.69, 9.17) is 4.74 Å². The molecule has 0 atom stereocenters. The quantitative estimate of drug-likeness (QED) is 0.514. The molecule has 0 unspecified atom stereocenters. The van der Waals surface area contributed by atoms with E-state index in [0.717, 1.165) is 25.7 Å². The zero-order valence-corrected chi connectivity index (χ0v) is 14.4. The second-order valence-electron chi connectivity index (χ2n) is 6.72. The van der Waals surface area contributed by atoms with E-state index in [2.05, 4.69) is 5.32 Å². The first kappa shape index (κ1) is 17.7. The number of hydrogen-bond donors (Lipinski definition) is 1. The lowest BCUT2D eigenvalue weighted by atomic mass is 10.1. The van der Waals surface area contributed by atoms with Crippen LogP contribution in [0.1, 0.15) is 48.9 Å². The summed E-state index contributed by atoms with van der Waals surface area (Å²) in [6.45, 7) is 2.35. The van der Waals surface area contributed by atoms with Crippen molar-refractivity contribution in [3.05, 3.63) is 33.9 Å². The minimum absolute atomic E-state index is 0.0181. The van der Waals surface area contributed by atoms with Crippen LogP contribution >= 0.6 is 0 Å². The van der Waals surface area contributed by atoms with Crippen molar-refractivity contribution in [2.24, 2.45) is 0 Å². The Bertz CT molecular complexity index is 621. The number of nitrogens with one attached hydrogen (secondary N) is 1. The highest BCUT2D eigenvalue weighted by atomic mass is 16.6. The molecule has 136 valence electrons. The average Bonchev–Trinajstić information content (AvgIpc) is 2.90. The maximum Gasteiger partial charge on any atom is 0.293 e. The van der Waals surface area contributed by atoms with Crippen molar-refractivity contribution in [1.82, 2.24) is 5.32 Å². The van der Waals surface area contributed by atoms with Crippen LogP contribution in [0, 0.1) is 10.1 Å². The maximum atomic E-state index is 12.5. The molecule has 1 heterocycles. The van der Waals surface area contributed by atoms with Crippen LogP contribution in [0.25, 0.3) is 0 Å². The van der Waals surface area contributed by atoms with Crippen molar-refractivity contribution < 1.29 is 14.5 Å². The molecule has 1 aliphatic carbocycles. The van der Waals surface area contributed by atoms with Gasteiger partial charge in [-0.2, -0.15) is 0 Å². The maximum absolute atomic E-state index is 12.5. The summed E-state index contributed by atoms with van der Waals surface area (Å²) < 4.78 is 5.30. The van der Waals surface area contributed by atoms with Crippen molar-refractivity contribution in [3.8, 4) is 0 Å². The van der Waals surface area contributed by atoms with Gasteiger partial charge in [0.25, 0.3) is 11.6 Å². The number of carbonyl (C=O) groups is 1. The lowest BCUT2D eigenvalue weighted by Crippen LogP contribution is -2.37. The first-order valence-electron chi connectivity index (χ1n) is 9.07. The van der Waals surface area contributed by atoms with E-state index in [1.165, 1.54) is 18.9 Å². The highest BCUT2D eigenvalue weighted by Gasteiger charge is 2.24. The van der Waals surface area contributed by atoms with Crippen LogP contribution in [-0.2, 0) is 4.74 Å². The van der Waals surface area contributed by atoms with E-state index in [9.17, 15) is 14.9 Å². The second kappa shape index (κ2) is 8.29. The second-order valence-corrected chi connectivity index (χ2v) is 6.72. The van der Waals surface area contributed by atoms with Crippen LogP contribution in [0.3, 0.4) is 0 Å². The van der Waals surface area contributed by atoms with Crippen molar-refractivity contribution in [2.75, 3.05) is 31.2 Å². The fourth-order valence-electron chi connectivity index (χ4n) is 3.58. The van der Waals surface area contributed by atoms with E-state index in [1.807, 2.05) is 4.90 Å². The summed E-state index contributed by atoms with van der Waals surface area (Å²) in [7, 11) is 0. The molecule has 1 aromatic carbocycles. The van der Waals surface area contributed by atoms with Gasteiger partial charge in [-0.1, -0.05) is 25.7 Å². The number of nitrogens with zero attached hydrogens (tertiary/aromatic N) is 2. The number of nitro benzene ring substituents is 1. The van der Waals surface area contributed by atoms with Gasteiger partial charge in [-0.3, -0.25) is 14.9 Å². The molecular weight excluding hydrogens is 322 g/mol. The third-order valence-corrected chi connectivity index (χ3v) is 4.98. The molecule has 0 bridgehead atoms. The predicted octanol–water partition coefficient (Wildman–Crippen LogP) is 2.88. The van der Waals surface area contributed by atoms with Crippen LogP contribution < -0.4 is 10.2 Å². The van der Waals surface area contributed by atoms with Gasteiger partial charge in [-0.15, -0.1) is 0 Å². The smallest absolute Gasteiger partial charge is 0.293 e. The molecule has 1 aromatic rings. The Balaban J connectivity index is 1.76. The summed E-state index contributed by atoms with van der Waals surface area (Å²) in [5, 5.41) is 14.5. The number of benzene rings is 1. The number of ether oxygens (including phenoxy) is 1. The van der Waals surface area contributed by atoms with Gasteiger partial charge in [0.05, 0.1) is 18.1 Å². The molecular formula is C18H25N3O4. The Morgan fingerprint density at radius 2 is 1.84 bits per heavy atom. The third-order valence-electron chi connectivity index (χ3n) is 4.98. The Hall–Kier alpha value is -2.15. The number of hydrogen-bond acceptors (Lipinski definition) is 5. The van der Waals surface area contributed by atoms with Gasteiger partial charge in [-0.05, 0) is 25.0 Å². The number of morpholine rings is 1. The number of rotatable bonds is 4. The zero-order chi connectivity index (χ0) is 17.6. The molecule has 2 fully saturated rings. The SMILES string of the molecule is O=C(NC1CCCCCC1)c1ccc(N2CCOCC2)c([N+](=O)[O-])c1. The van der Waals surface area contributed by atoms with Gasteiger partial charge >= 0.3 is 0 Å². The molecule has 2 aliphatic rings. The van der Waals surface area contributed by atoms with Crippen molar-refractivity contribution >= 4 is 17.3 Å². The van der Waals surface area contributed by atoms with E-state index < -0.39 is 4.92 Å². The highest BCUT2D eigenvalue weighted by Crippen LogP contribution is 2.30. The highest BCUT2D eigenvalue weighted by molar-refractivity contribution is 5.96. The lowest BCUT2D eigenvalue weighted by molar-refractivity contribution is -0.384. The molecule has 1 aliphatic heterocycles. The zero-order valence-electron chi connectivity index (χ0n) is 14.4. The fraction of sp³-hybridized carbons (Fsp3) is 0.611. The minimum atomic E-state index is -0.409. The Morgan fingerprint density at radius 3 is 2.48 bits per heavy atom. The van der Waals surface area contributed by atoms with Crippen molar-refractivity contribution in [3.63, 3.8) is 0 Å². The molecule has 0 radical (unpaired) electrons. The predicted molar refractivity (Wildman–Crippen MR) is 95.1 cm³/mol. The van der Waals surface area contributed by atoms with Gasteiger partial charge in [0.2, 0.25) is 0 Å². The van der Waals surface area contributed by atoms with E-state index in [1.54, 1.807) is 12.1 Å². The Morgan fingerprint density at radius 1 is 1.16 bits per heavy atom. The first-order valence-corrected chi connectivity index (χ1v) is 9.07. The summed E-state index contributed by atoms with van der Waals surface area (Å²) in [5.74, 6) is -0.219. The molecule has 0 spiro atoms. The molecule has 0 aromatic heterocycles. The van der Waals surface area contributed by atoms with Crippen LogP contribution in [0.4, 0.5) is 11.4 Å². The summed E-state index contributed by atoms with van der Waals surface area (Å²) >= 11 is 0. The average molecular weight is 347 g/mol. The van der Waals surface area contributed by atoms with E-state index in [0.29, 0.717) is 37.6 Å². The molecule has 1 N–H and O–H groups in total. The van der Waals surface area contributed by atoms with E-state index in [-0.39, 0.29) is 17.6 Å². The van der Waals surface area contributed by atoms with Crippen LogP contribution in [0.5, 0.6) is 0 Å². The molecule has 1 amide bonds. The van der Waals surface area contributed by atoms with Gasteiger partial charge in [0.1, 0.15) is 5.69 Å². The minimum Gasteiger partial charge on any atom is -0.378 e. The Labute approximate surface area is 147 Å². The molecule has 7 nitrogen and oxygen atoms in total. The largest absolute Gasteiger partial charge is 0.378 e. The van der Waals surface area contributed by atoms with E-state index >= 15 is 0 Å². The molecule has 1 saturated carbocycles. The number of carbonyl (C=O) groups excluding carboxylic acids is 1.